The normalized spacial score (nSPS) is 13.5. The van der Waals surface area contributed by atoms with Gasteiger partial charge in [-0.1, -0.05) is 34.8 Å². The smallest absolute Gasteiger partial charge is 0.273 e. The van der Waals surface area contributed by atoms with E-state index in [0.717, 1.165) is 18.8 Å². The van der Waals surface area contributed by atoms with Gasteiger partial charge in [-0.3, -0.25) is 20.2 Å². The van der Waals surface area contributed by atoms with E-state index in [-0.39, 0.29) is 16.4 Å². The van der Waals surface area contributed by atoms with Crippen molar-refractivity contribution in [3.8, 4) is 0 Å². The van der Waals surface area contributed by atoms with Crippen LogP contribution in [0, 0.1) is 34.1 Å². The highest BCUT2D eigenvalue weighted by Crippen LogP contribution is 2.33. The van der Waals surface area contributed by atoms with Crippen LogP contribution in [0.25, 0.3) is 0 Å². The van der Waals surface area contributed by atoms with E-state index in [1.807, 2.05) is 0 Å². The van der Waals surface area contributed by atoms with E-state index in [1.54, 1.807) is 19.9 Å². The first-order valence-corrected chi connectivity index (χ1v) is 9.62. The molecule has 2 aromatic carbocycles. The van der Waals surface area contributed by atoms with Crippen molar-refractivity contribution in [1.29, 1.82) is 0 Å². The van der Waals surface area contributed by atoms with Crippen LogP contribution in [0.3, 0.4) is 0 Å². The lowest BCUT2D eigenvalue weighted by atomic mass is 10.1. The van der Waals surface area contributed by atoms with Crippen LogP contribution in [-0.4, -0.2) is 36.1 Å². The van der Waals surface area contributed by atoms with Gasteiger partial charge in [0.2, 0.25) is 0 Å². The van der Waals surface area contributed by atoms with Gasteiger partial charge in [0.15, 0.2) is 0 Å². The van der Waals surface area contributed by atoms with Crippen molar-refractivity contribution >= 4 is 51.9 Å². The van der Waals surface area contributed by atoms with Crippen molar-refractivity contribution < 1.29 is 14.6 Å². The van der Waals surface area contributed by atoms with Crippen LogP contribution in [0.1, 0.15) is 11.1 Å². The molecule has 29 heavy (non-hydrogen) atoms. The van der Waals surface area contributed by atoms with Gasteiger partial charge >= 0.3 is 0 Å². The summed E-state index contributed by atoms with van der Waals surface area (Å²) in [5.74, 6) is 0. The number of nitrogens with zero attached hydrogens (tertiary/aromatic N) is 3. The molecule has 0 bridgehead atoms. The van der Waals surface area contributed by atoms with E-state index in [0.29, 0.717) is 34.4 Å². The zero-order valence-corrected chi connectivity index (χ0v) is 17.9. The number of nitro groups is 2. The maximum atomic E-state index is 10.8. The molecule has 2 aromatic rings. The van der Waals surface area contributed by atoms with Crippen LogP contribution in [0.4, 0.5) is 17.1 Å². The van der Waals surface area contributed by atoms with E-state index in [9.17, 15) is 20.2 Å². The first-order chi connectivity index (χ1) is 13.6. The molecular formula is C18H18Cl3N3O5. The summed E-state index contributed by atoms with van der Waals surface area (Å²) in [7, 11) is 0. The van der Waals surface area contributed by atoms with Crippen molar-refractivity contribution in [2.75, 3.05) is 31.2 Å². The van der Waals surface area contributed by atoms with E-state index in [2.05, 4.69) is 4.90 Å². The van der Waals surface area contributed by atoms with Crippen LogP contribution < -0.4 is 4.90 Å². The summed E-state index contributed by atoms with van der Waals surface area (Å²) in [6.07, 6.45) is 0. The molecule has 156 valence electrons. The monoisotopic (exact) mass is 461 g/mol. The second-order valence-electron chi connectivity index (χ2n) is 6.26. The maximum Gasteiger partial charge on any atom is 0.273 e. The molecule has 0 amide bonds. The third-order valence-electron chi connectivity index (χ3n) is 4.25. The summed E-state index contributed by atoms with van der Waals surface area (Å²) in [5, 5.41) is 22.1. The van der Waals surface area contributed by atoms with Crippen molar-refractivity contribution in [2.24, 2.45) is 0 Å². The molecule has 1 fully saturated rings. The van der Waals surface area contributed by atoms with Crippen molar-refractivity contribution in [3.05, 3.63) is 70.7 Å². The predicted octanol–water partition coefficient (Wildman–Crippen LogP) is 5.60. The molecule has 1 aliphatic rings. The number of anilines is 1. The number of aryl methyl sites for hydroxylation is 2. The highest BCUT2D eigenvalue weighted by molar-refractivity contribution is 6.42. The van der Waals surface area contributed by atoms with Crippen LogP contribution in [-0.2, 0) is 4.74 Å². The molecule has 0 aromatic heterocycles. The minimum Gasteiger partial charge on any atom is -0.378 e. The molecule has 8 nitrogen and oxygen atoms in total. The molecule has 0 atom stereocenters. The molecule has 1 saturated heterocycles. The van der Waals surface area contributed by atoms with Gasteiger partial charge in [-0.25, -0.2) is 0 Å². The molecule has 1 heterocycles. The SMILES string of the molecule is Cc1cc(Cl)c(Cl)cc1[N+](=O)[O-].Cc1cc(N2CCOCC2)c(Cl)cc1[N+](=O)[O-]. The van der Waals surface area contributed by atoms with E-state index in [1.165, 1.54) is 18.2 Å². The lowest BCUT2D eigenvalue weighted by Crippen LogP contribution is -2.36. The summed E-state index contributed by atoms with van der Waals surface area (Å²) in [5.41, 5.74) is 2.03. The molecule has 0 N–H and O–H groups in total. The Kier molecular flexibility index (Phi) is 8.04. The Labute approximate surface area is 182 Å². The first-order valence-electron chi connectivity index (χ1n) is 8.49. The quantitative estimate of drug-likeness (QED) is 0.434. The molecule has 0 saturated carbocycles. The van der Waals surface area contributed by atoms with Crippen LogP contribution in [0.2, 0.25) is 15.1 Å². The number of benzene rings is 2. The average molecular weight is 463 g/mol. The number of ether oxygens (including phenoxy) is 1. The second-order valence-corrected chi connectivity index (χ2v) is 7.48. The van der Waals surface area contributed by atoms with Crippen molar-refractivity contribution in [3.63, 3.8) is 0 Å². The summed E-state index contributed by atoms with van der Waals surface area (Å²) < 4.78 is 5.26. The fourth-order valence-corrected chi connectivity index (χ4v) is 3.39. The van der Waals surface area contributed by atoms with Gasteiger partial charge in [-0.05, 0) is 26.0 Å². The Hall–Kier alpha value is -2.13. The summed E-state index contributed by atoms with van der Waals surface area (Å²) >= 11 is 17.3. The molecular weight excluding hydrogens is 445 g/mol. The lowest BCUT2D eigenvalue weighted by Gasteiger charge is -2.29. The molecule has 0 radical (unpaired) electrons. The zero-order chi connectivity index (χ0) is 21.7. The van der Waals surface area contributed by atoms with Gasteiger partial charge in [-0.15, -0.1) is 0 Å². The van der Waals surface area contributed by atoms with Crippen LogP contribution >= 0.6 is 34.8 Å². The van der Waals surface area contributed by atoms with E-state index < -0.39 is 9.85 Å². The average Bonchev–Trinajstić information content (AvgIpc) is 2.67. The fourth-order valence-electron chi connectivity index (χ4n) is 2.73. The highest BCUT2D eigenvalue weighted by Gasteiger charge is 2.19. The van der Waals surface area contributed by atoms with Gasteiger partial charge in [-0.2, -0.15) is 0 Å². The van der Waals surface area contributed by atoms with Gasteiger partial charge in [0.1, 0.15) is 0 Å². The third-order valence-corrected chi connectivity index (χ3v) is 5.27. The van der Waals surface area contributed by atoms with Gasteiger partial charge in [0.25, 0.3) is 11.4 Å². The number of hydrogen-bond acceptors (Lipinski definition) is 6. The molecule has 0 spiro atoms. The lowest BCUT2D eigenvalue weighted by molar-refractivity contribution is -0.385. The standard InChI is InChI=1S/C11H13ClN2O3.C7H5Cl2NO2/c1-8-6-11(13-2-4-17-5-3-13)9(12)7-10(8)14(15)16;1-4-2-5(8)6(9)3-7(4)10(11)12/h6-7H,2-5H2,1H3;2-3H,1H3. The largest absolute Gasteiger partial charge is 0.378 e. The van der Waals surface area contributed by atoms with E-state index >= 15 is 0 Å². The van der Waals surface area contributed by atoms with Gasteiger partial charge < -0.3 is 9.64 Å². The molecule has 0 unspecified atom stereocenters. The number of morpholine rings is 1. The summed E-state index contributed by atoms with van der Waals surface area (Å²) in [6.45, 7) is 6.17. The minimum atomic E-state index is -0.489. The highest BCUT2D eigenvalue weighted by atomic mass is 35.5. The minimum absolute atomic E-state index is 0.00981. The third kappa shape index (κ3) is 5.93. The summed E-state index contributed by atoms with van der Waals surface area (Å²) in [4.78, 5) is 22.3. The van der Waals surface area contributed by atoms with Gasteiger partial charge in [0, 0.05) is 36.3 Å². The first kappa shape index (κ1) is 23.2. The van der Waals surface area contributed by atoms with Crippen LogP contribution in [0.5, 0.6) is 0 Å². The Morgan fingerprint density at radius 2 is 1.28 bits per heavy atom. The Balaban J connectivity index is 0.000000221. The van der Waals surface area contributed by atoms with Crippen molar-refractivity contribution in [2.45, 2.75) is 13.8 Å². The Bertz CT molecular complexity index is 933. The maximum absolute atomic E-state index is 10.8. The molecule has 0 aliphatic carbocycles. The zero-order valence-electron chi connectivity index (χ0n) is 15.7. The van der Waals surface area contributed by atoms with Crippen LogP contribution in [0.15, 0.2) is 24.3 Å². The fraction of sp³-hybridized carbons (Fsp3) is 0.333. The molecule has 11 heteroatoms. The second kappa shape index (κ2) is 10.1. The molecule has 1 aliphatic heterocycles. The number of halogens is 3. The molecule has 3 rings (SSSR count). The predicted molar refractivity (Wildman–Crippen MR) is 114 cm³/mol. The Morgan fingerprint density at radius 1 is 0.828 bits per heavy atom. The topological polar surface area (TPSA) is 98.8 Å². The van der Waals surface area contributed by atoms with E-state index in [4.69, 9.17) is 39.5 Å². The van der Waals surface area contributed by atoms with Crippen molar-refractivity contribution in [1.82, 2.24) is 0 Å². The number of rotatable bonds is 3. The number of hydrogen-bond donors (Lipinski definition) is 0. The number of nitro benzene ring substituents is 2. The summed E-state index contributed by atoms with van der Waals surface area (Å²) in [6, 6.07) is 5.91. The van der Waals surface area contributed by atoms with Gasteiger partial charge in [0.05, 0.1) is 43.8 Å². The Morgan fingerprint density at radius 3 is 1.79 bits per heavy atom.